The molecule has 1 aromatic carbocycles. The van der Waals surface area contributed by atoms with E-state index in [1.54, 1.807) is 6.20 Å². The summed E-state index contributed by atoms with van der Waals surface area (Å²) < 4.78 is 73.2. The third-order valence-electron chi connectivity index (χ3n) is 7.09. The fourth-order valence-electron chi connectivity index (χ4n) is 4.27. The second-order valence-electron chi connectivity index (χ2n) is 14.9. The van der Waals surface area contributed by atoms with Crippen molar-refractivity contribution in [3.63, 3.8) is 0 Å². The van der Waals surface area contributed by atoms with E-state index >= 15 is 0 Å². The predicted molar refractivity (Wildman–Crippen MR) is 210 cm³/mol. The topological polar surface area (TPSA) is 127 Å². The van der Waals surface area contributed by atoms with Gasteiger partial charge in [-0.3, -0.25) is 9.97 Å². The van der Waals surface area contributed by atoms with Crippen molar-refractivity contribution in [3.05, 3.63) is 126 Å². The largest absolute Gasteiger partial charge is 3.00 e. The van der Waals surface area contributed by atoms with Gasteiger partial charge in [0, 0.05) is 24.3 Å². The van der Waals surface area contributed by atoms with Crippen LogP contribution in [0, 0.1) is 6.07 Å². The Morgan fingerprint density at radius 2 is 1.05 bits per heavy atom. The van der Waals surface area contributed by atoms with Crippen LogP contribution in [0.5, 0.6) is 0 Å². The number of hydrogen-bond acceptors (Lipinski definition) is 7. The van der Waals surface area contributed by atoms with Crippen LogP contribution >= 0.6 is 0 Å². The Labute approximate surface area is 354 Å². The van der Waals surface area contributed by atoms with Gasteiger partial charge in [0.1, 0.15) is 17.3 Å². The number of benzene rings is 1. The number of halogens is 6. The maximum atomic E-state index is 12.2. The molecule has 316 valence electrons. The van der Waals surface area contributed by atoms with E-state index in [-0.39, 0.29) is 42.5 Å². The number of hydrogen-bond donors (Lipinski definition) is 0. The summed E-state index contributed by atoms with van der Waals surface area (Å²) in [6, 6.07) is 26.3. The number of aromatic nitrogens is 7. The van der Waals surface area contributed by atoms with Crippen molar-refractivity contribution < 1.29 is 56.0 Å². The Kier molecular flexibility index (Phi) is 19.9. The molecule has 16 heteroatoms. The molecule has 0 aliphatic rings. The van der Waals surface area contributed by atoms with Gasteiger partial charge in [-0.15, -0.1) is 35.9 Å². The first-order chi connectivity index (χ1) is 26.8. The van der Waals surface area contributed by atoms with Gasteiger partial charge < -0.3 is 35.0 Å². The van der Waals surface area contributed by atoms with Crippen molar-refractivity contribution in [2.45, 2.75) is 92.4 Å². The van der Waals surface area contributed by atoms with Crippen molar-refractivity contribution in [1.82, 2.24) is 35.3 Å². The molecule has 0 fully saturated rings. The summed E-state index contributed by atoms with van der Waals surface area (Å²) in [7, 11) is 0. The standard InChI is InChI=1S/C18H24N2.C11H8N.C8H2F6N4.2C3H6O.Ir/c1-17(2,3)13-7-9-19-15(11-13)16-12-14(8-10-20-16)18(4,5)6;1-2-6-10(7-3-1)11-8-4-5-9-12-11;9-7(10,11)5-1-3(15-17-5)4-2-6(18-16-4)8(12,13)14;2*1-3(2)4;/h7-12H,1-6H3;1-6,8-9H;1-2H;2*1-2H3;/q;-1;-2;;;+3. The van der Waals surface area contributed by atoms with E-state index in [4.69, 9.17) is 0 Å². The predicted octanol–water partition coefficient (Wildman–Crippen LogP) is 10.6. The Morgan fingerprint density at radius 1 is 0.559 bits per heavy atom. The quantitative estimate of drug-likeness (QED) is 0.126. The number of alkyl halides is 6. The number of pyridine rings is 3. The average Bonchev–Trinajstić information content (AvgIpc) is 3.84. The molecule has 0 aliphatic heterocycles. The van der Waals surface area contributed by atoms with Crippen molar-refractivity contribution in [1.29, 1.82) is 0 Å². The Bertz CT molecular complexity index is 2010. The van der Waals surface area contributed by atoms with Gasteiger partial charge in [-0.25, -0.2) is 0 Å². The summed E-state index contributed by atoms with van der Waals surface area (Å²) >= 11 is 0. The van der Waals surface area contributed by atoms with E-state index in [2.05, 4.69) is 107 Å². The van der Waals surface area contributed by atoms with Crippen molar-refractivity contribution in [2.75, 3.05) is 0 Å². The van der Waals surface area contributed by atoms with Crippen LogP contribution in [0.2, 0.25) is 0 Å². The summed E-state index contributed by atoms with van der Waals surface area (Å²) in [5.41, 5.74) is 3.30. The number of rotatable bonds is 3. The number of carbonyl (C=O) groups is 2. The smallest absolute Gasteiger partial charge is 0.573 e. The normalized spacial score (nSPS) is 11.1. The molecular weight excluding hydrogens is 953 g/mol. The number of carbonyl (C=O) groups excluding carboxylic acids is 2. The molecular formula is C43H46F6IrN7O2. The first-order valence-electron chi connectivity index (χ1n) is 17.7. The van der Waals surface area contributed by atoms with Gasteiger partial charge in [-0.05, 0) is 104 Å². The molecule has 0 saturated carbocycles. The van der Waals surface area contributed by atoms with Gasteiger partial charge in [0.2, 0.25) is 0 Å². The molecule has 5 aromatic heterocycles. The molecule has 0 saturated heterocycles. The van der Waals surface area contributed by atoms with Crippen molar-refractivity contribution in [3.8, 4) is 34.0 Å². The van der Waals surface area contributed by atoms with Crippen LogP contribution < -0.4 is 10.2 Å². The van der Waals surface area contributed by atoms with Gasteiger partial charge >= 0.3 is 32.5 Å². The first-order valence-corrected chi connectivity index (χ1v) is 17.7. The molecule has 6 rings (SSSR count). The molecule has 0 bridgehead atoms. The summed E-state index contributed by atoms with van der Waals surface area (Å²) in [6.45, 7) is 19.4. The van der Waals surface area contributed by atoms with E-state index in [1.807, 2.05) is 54.9 Å². The molecule has 0 radical (unpaired) electrons. The molecule has 6 aromatic rings. The minimum atomic E-state index is -4.71. The van der Waals surface area contributed by atoms with Gasteiger partial charge in [0.15, 0.2) is 0 Å². The molecule has 0 spiro atoms. The van der Waals surface area contributed by atoms with E-state index in [9.17, 15) is 35.9 Å². The van der Waals surface area contributed by atoms with Crippen LogP contribution in [0.3, 0.4) is 0 Å². The molecule has 59 heavy (non-hydrogen) atoms. The van der Waals surface area contributed by atoms with Gasteiger partial charge in [0.05, 0.1) is 11.4 Å². The second kappa shape index (κ2) is 22.7. The average molecular weight is 999 g/mol. The number of ketones is 2. The molecule has 0 atom stereocenters. The fourth-order valence-corrected chi connectivity index (χ4v) is 4.27. The van der Waals surface area contributed by atoms with Crippen LogP contribution in [-0.4, -0.2) is 36.7 Å². The minimum absolute atomic E-state index is 0. The van der Waals surface area contributed by atoms with E-state index in [0.29, 0.717) is 12.1 Å². The molecule has 0 N–H and O–H groups in total. The van der Waals surface area contributed by atoms with Gasteiger partial charge in [-0.2, -0.15) is 26.3 Å². The zero-order valence-electron chi connectivity index (χ0n) is 34.3. The first kappa shape index (κ1) is 51.7. The van der Waals surface area contributed by atoms with E-state index in [0.717, 1.165) is 22.6 Å². The van der Waals surface area contributed by atoms with Crippen LogP contribution in [0.25, 0.3) is 34.0 Å². The Hall–Kier alpha value is -5.34. The molecule has 0 amide bonds. The van der Waals surface area contributed by atoms with Crippen molar-refractivity contribution in [2.24, 2.45) is 0 Å². The Balaban J connectivity index is 0.000000409. The van der Waals surface area contributed by atoms with Crippen LogP contribution in [0.15, 0.2) is 97.5 Å². The summed E-state index contributed by atoms with van der Waals surface area (Å²) in [4.78, 5) is 32.1. The molecule has 0 aliphatic carbocycles. The van der Waals surface area contributed by atoms with E-state index < -0.39 is 35.1 Å². The molecule has 5 heterocycles. The Morgan fingerprint density at radius 3 is 1.42 bits per heavy atom. The number of Topliss-reactive ketones (excluding diaryl/α,β-unsaturated/α-hetero) is 2. The van der Waals surface area contributed by atoms with Crippen molar-refractivity contribution >= 4 is 11.6 Å². The summed E-state index contributed by atoms with van der Waals surface area (Å²) in [5, 5.41) is 11.8. The van der Waals surface area contributed by atoms with Crippen LogP contribution in [0.4, 0.5) is 26.3 Å². The third-order valence-corrected chi connectivity index (χ3v) is 7.09. The fraction of sp³-hybridized carbons (Fsp3) is 0.326. The van der Waals surface area contributed by atoms with Gasteiger partial charge in [-0.1, -0.05) is 59.4 Å². The number of nitrogens with zero attached hydrogens (tertiary/aromatic N) is 7. The second-order valence-corrected chi connectivity index (χ2v) is 14.9. The zero-order valence-corrected chi connectivity index (χ0v) is 36.7. The van der Waals surface area contributed by atoms with Crippen LogP contribution in [-0.2, 0) is 52.9 Å². The van der Waals surface area contributed by atoms with Crippen LogP contribution in [0.1, 0.15) is 91.8 Å². The molecule has 0 unspecified atom stereocenters. The maximum absolute atomic E-state index is 12.2. The minimum Gasteiger partial charge on any atom is -0.573 e. The van der Waals surface area contributed by atoms with E-state index in [1.165, 1.54) is 38.8 Å². The summed E-state index contributed by atoms with van der Waals surface area (Å²) in [6.07, 6.45) is -3.88. The maximum Gasteiger partial charge on any atom is 3.00 e. The zero-order chi connectivity index (χ0) is 43.9. The monoisotopic (exact) mass is 999 g/mol. The third kappa shape index (κ3) is 18.9. The van der Waals surface area contributed by atoms with Gasteiger partial charge in [0.25, 0.3) is 0 Å². The SMILES string of the molecule is CC(C)(C)c1ccnc(-c2cc(C(C)(C)C)ccn2)c1.CC(C)=O.CC(C)=O.FC(F)(F)c1cc(-c2cc(C(F)(F)F)[n-]n2)[n-]n1.[Ir+3].[c-]1ccccc1-c1ccccn1. The molecule has 9 nitrogen and oxygen atoms in total. The summed E-state index contributed by atoms with van der Waals surface area (Å²) in [5.74, 6) is 0.333.